The highest BCUT2D eigenvalue weighted by Crippen LogP contribution is 2.13. The van der Waals surface area contributed by atoms with Gasteiger partial charge in [0.2, 0.25) is 0 Å². The van der Waals surface area contributed by atoms with Crippen LogP contribution in [0.5, 0.6) is 0 Å². The molecule has 0 saturated heterocycles. The van der Waals surface area contributed by atoms with Gasteiger partial charge in [-0.3, -0.25) is 14.4 Å². The highest BCUT2D eigenvalue weighted by atomic mass is 16.6. The van der Waals surface area contributed by atoms with Gasteiger partial charge in [0, 0.05) is 19.3 Å². The van der Waals surface area contributed by atoms with Crippen molar-refractivity contribution in [3.63, 3.8) is 0 Å². The van der Waals surface area contributed by atoms with Gasteiger partial charge in [0.15, 0.2) is 6.10 Å². The quantitative estimate of drug-likeness (QED) is 0.0261. The maximum absolute atomic E-state index is 12.9. The average molecular weight is 994 g/mol. The summed E-state index contributed by atoms with van der Waals surface area (Å²) in [6.45, 7) is 6.28. The van der Waals surface area contributed by atoms with Crippen LogP contribution < -0.4 is 0 Å². The summed E-state index contributed by atoms with van der Waals surface area (Å²) < 4.78 is 16.7. The molecule has 0 aromatic carbocycles. The van der Waals surface area contributed by atoms with Gasteiger partial charge in [-0.15, -0.1) is 0 Å². The van der Waals surface area contributed by atoms with Crippen molar-refractivity contribution in [1.29, 1.82) is 0 Å². The normalized spacial score (nSPS) is 13.2. The minimum atomic E-state index is -0.841. The van der Waals surface area contributed by atoms with Crippen molar-refractivity contribution in [2.24, 2.45) is 0 Å². The predicted molar refractivity (Wildman–Crippen MR) is 311 cm³/mol. The summed E-state index contributed by atoms with van der Waals surface area (Å²) in [6, 6.07) is 0. The number of ether oxygens (including phenoxy) is 3. The van der Waals surface area contributed by atoms with Crippen molar-refractivity contribution >= 4 is 17.9 Å². The van der Waals surface area contributed by atoms with Gasteiger partial charge in [-0.1, -0.05) is 237 Å². The van der Waals surface area contributed by atoms with Crippen LogP contribution in [0.1, 0.15) is 233 Å². The van der Waals surface area contributed by atoms with Crippen LogP contribution in [-0.2, 0) is 28.6 Å². The molecule has 1 unspecified atom stereocenters. The number of hydrogen-bond acceptors (Lipinski definition) is 6. The lowest BCUT2D eigenvalue weighted by Crippen LogP contribution is -2.30. The summed E-state index contributed by atoms with van der Waals surface area (Å²) in [6.07, 6.45) is 84.3. The first kappa shape index (κ1) is 67.3. The zero-order valence-corrected chi connectivity index (χ0v) is 46.1. The summed E-state index contributed by atoms with van der Waals surface area (Å²) in [5, 5.41) is 0. The topological polar surface area (TPSA) is 78.9 Å². The van der Waals surface area contributed by atoms with E-state index in [9.17, 15) is 14.4 Å². The van der Waals surface area contributed by atoms with Gasteiger partial charge in [0.05, 0.1) is 0 Å². The van der Waals surface area contributed by atoms with Gasteiger partial charge in [0.1, 0.15) is 13.2 Å². The third-order valence-corrected chi connectivity index (χ3v) is 11.6. The molecule has 0 spiro atoms. The Labute approximate surface area is 442 Å². The standard InChI is InChI=1S/C66H104O6/c1-4-7-10-13-16-19-22-25-28-31-33-36-38-41-44-47-50-53-56-59-65(68)71-62-63(61-70-64(67)58-55-52-49-46-43-40-37-34-30-27-24-21-18-15-12-9-6-3)72-66(69)60-57-54-51-48-45-42-39-35-32-29-26-23-20-17-14-11-8-5-2/h7,9-10,12,16,18-19,21,25,27-30,32-33,36-37,40-41,44,46,49-50,53,63H,4-6,8,11,13-15,17,20,22-24,26,31,34-35,38-39,42-43,45,47-48,51-52,54-62H2,1-3H3/b10-7-,12-9-,19-16-,21-18-,28-25-,30-27-,32-29-,36-33-,40-37-,44-41-,49-46-,53-50-. The Morgan fingerprint density at radius 1 is 0.292 bits per heavy atom. The van der Waals surface area contributed by atoms with E-state index < -0.39 is 6.10 Å². The summed E-state index contributed by atoms with van der Waals surface area (Å²) >= 11 is 0. The molecule has 0 aliphatic heterocycles. The van der Waals surface area contributed by atoms with Gasteiger partial charge < -0.3 is 14.2 Å². The van der Waals surface area contributed by atoms with E-state index in [1.807, 2.05) is 12.2 Å². The molecule has 0 saturated carbocycles. The molecule has 0 fully saturated rings. The smallest absolute Gasteiger partial charge is 0.306 e. The van der Waals surface area contributed by atoms with Crippen LogP contribution in [0.2, 0.25) is 0 Å². The monoisotopic (exact) mass is 993 g/mol. The maximum Gasteiger partial charge on any atom is 0.306 e. The van der Waals surface area contributed by atoms with Crippen LogP contribution in [0.4, 0.5) is 0 Å². The van der Waals surface area contributed by atoms with Crippen LogP contribution in [0.15, 0.2) is 146 Å². The molecule has 0 N–H and O–H groups in total. The van der Waals surface area contributed by atoms with E-state index in [0.717, 1.165) is 96.3 Å². The van der Waals surface area contributed by atoms with Gasteiger partial charge in [-0.2, -0.15) is 0 Å². The second kappa shape index (κ2) is 58.9. The molecule has 1 atom stereocenters. The molecule has 404 valence electrons. The van der Waals surface area contributed by atoms with Crippen LogP contribution in [0, 0.1) is 0 Å². The highest BCUT2D eigenvalue weighted by Gasteiger charge is 2.19. The lowest BCUT2D eigenvalue weighted by Gasteiger charge is -2.18. The van der Waals surface area contributed by atoms with E-state index in [1.165, 1.54) is 83.5 Å². The SMILES string of the molecule is CC/C=C\C/C=C\C/C=C\C/C=C\C/C=C\C/C=C\CCC(=O)OCC(COC(=O)CCC/C=C\C/C=C\C/C=C\C/C=C\C/C=C\CC)OC(=O)CCCCCCCCC/C=C\CCCCCCCCC. The first-order valence-electron chi connectivity index (χ1n) is 28.8. The number of allylic oxidation sites excluding steroid dienone is 24. The van der Waals surface area contributed by atoms with Crippen molar-refractivity contribution in [1.82, 2.24) is 0 Å². The number of carbonyl (C=O) groups is 3. The predicted octanol–water partition coefficient (Wildman–Crippen LogP) is 19.6. The largest absolute Gasteiger partial charge is 0.462 e. The van der Waals surface area contributed by atoms with Crippen LogP contribution in [0.25, 0.3) is 0 Å². The van der Waals surface area contributed by atoms with Crippen molar-refractivity contribution in [3.8, 4) is 0 Å². The van der Waals surface area contributed by atoms with Crippen molar-refractivity contribution in [2.45, 2.75) is 239 Å². The molecule has 0 amide bonds. The molecule has 0 aliphatic carbocycles. The Hall–Kier alpha value is -4.71. The van der Waals surface area contributed by atoms with Gasteiger partial charge in [-0.25, -0.2) is 0 Å². The Morgan fingerprint density at radius 2 is 0.583 bits per heavy atom. The van der Waals surface area contributed by atoms with Crippen LogP contribution in [-0.4, -0.2) is 37.2 Å². The Kier molecular flexibility index (Phi) is 55.0. The van der Waals surface area contributed by atoms with Gasteiger partial charge >= 0.3 is 17.9 Å². The first-order chi connectivity index (χ1) is 35.5. The lowest BCUT2D eigenvalue weighted by atomic mass is 10.1. The third kappa shape index (κ3) is 56.2. The molecule has 0 rings (SSSR count). The molecule has 6 heteroatoms. The van der Waals surface area contributed by atoms with E-state index >= 15 is 0 Å². The fraction of sp³-hybridized carbons (Fsp3) is 0.591. The molecule has 0 aromatic rings. The van der Waals surface area contributed by atoms with E-state index in [0.29, 0.717) is 12.8 Å². The highest BCUT2D eigenvalue weighted by molar-refractivity contribution is 5.71. The molecule has 72 heavy (non-hydrogen) atoms. The van der Waals surface area contributed by atoms with Crippen molar-refractivity contribution in [2.75, 3.05) is 13.2 Å². The lowest BCUT2D eigenvalue weighted by molar-refractivity contribution is -0.166. The maximum atomic E-state index is 12.9. The number of unbranched alkanes of at least 4 members (excludes halogenated alkanes) is 15. The second-order valence-corrected chi connectivity index (χ2v) is 18.4. The summed E-state index contributed by atoms with van der Waals surface area (Å²) in [7, 11) is 0. The van der Waals surface area contributed by atoms with Crippen molar-refractivity contribution in [3.05, 3.63) is 146 Å². The van der Waals surface area contributed by atoms with Crippen LogP contribution >= 0.6 is 0 Å². The fourth-order valence-electron chi connectivity index (χ4n) is 7.32. The molecule has 0 bridgehead atoms. The average Bonchev–Trinajstić information content (AvgIpc) is 3.38. The zero-order chi connectivity index (χ0) is 52.2. The minimum Gasteiger partial charge on any atom is -0.462 e. The molecular weight excluding hydrogens is 889 g/mol. The van der Waals surface area contributed by atoms with E-state index in [1.54, 1.807) is 0 Å². The van der Waals surface area contributed by atoms with Gasteiger partial charge in [-0.05, 0) is 122 Å². The minimum absolute atomic E-state index is 0.138. The fourth-order valence-corrected chi connectivity index (χ4v) is 7.32. The molecule has 0 radical (unpaired) electrons. The summed E-state index contributed by atoms with van der Waals surface area (Å²) in [4.78, 5) is 38.1. The molecule has 0 aromatic heterocycles. The Balaban J connectivity index is 4.61. The van der Waals surface area contributed by atoms with Gasteiger partial charge in [0.25, 0.3) is 0 Å². The summed E-state index contributed by atoms with van der Waals surface area (Å²) in [5.74, 6) is -1.09. The Bertz CT molecular complexity index is 1610. The van der Waals surface area contributed by atoms with E-state index in [2.05, 4.69) is 154 Å². The van der Waals surface area contributed by atoms with Crippen molar-refractivity contribution < 1.29 is 28.6 Å². The number of esters is 3. The van der Waals surface area contributed by atoms with E-state index in [4.69, 9.17) is 14.2 Å². The number of carbonyl (C=O) groups excluding carboxylic acids is 3. The molecule has 6 nitrogen and oxygen atoms in total. The molecular formula is C66H104O6. The second-order valence-electron chi connectivity index (χ2n) is 18.4. The molecule has 0 aliphatic rings. The Morgan fingerprint density at radius 3 is 0.986 bits per heavy atom. The summed E-state index contributed by atoms with van der Waals surface area (Å²) in [5.41, 5.74) is 0. The van der Waals surface area contributed by atoms with Crippen LogP contribution in [0.3, 0.4) is 0 Å². The zero-order valence-electron chi connectivity index (χ0n) is 46.1. The first-order valence-corrected chi connectivity index (χ1v) is 28.8. The van der Waals surface area contributed by atoms with E-state index in [-0.39, 0.29) is 50.4 Å². The molecule has 0 heterocycles. The number of rotatable bonds is 50. The number of hydrogen-bond donors (Lipinski definition) is 0. The third-order valence-electron chi connectivity index (χ3n) is 11.6.